The third kappa shape index (κ3) is 5.86. The minimum atomic E-state index is 0.413. The van der Waals surface area contributed by atoms with Crippen LogP contribution in [-0.2, 0) is 6.42 Å². The van der Waals surface area contributed by atoms with Gasteiger partial charge in [0.05, 0.1) is 7.57 Å². The van der Waals surface area contributed by atoms with Crippen LogP contribution in [0, 0.1) is 5.41 Å². The van der Waals surface area contributed by atoms with Crippen LogP contribution in [0.5, 0.6) is 0 Å². The summed E-state index contributed by atoms with van der Waals surface area (Å²) in [5.41, 5.74) is 1.84. The molecule has 98 valence electrons. The quantitative estimate of drug-likeness (QED) is 0.636. The van der Waals surface area contributed by atoms with Gasteiger partial charge in [0.2, 0.25) is 0 Å². The van der Waals surface area contributed by atoms with Crippen LogP contribution < -0.4 is 5.32 Å². The maximum atomic E-state index is 3.62. The molecule has 17 heavy (non-hydrogen) atoms. The number of rotatable bonds is 7. The van der Waals surface area contributed by atoms with Gasteiger partial charge in [0.25, 0.3) is 0 Å². The number of thiophene rings is 1. The van der Waals surface area contributed by atoms with Gasteiger partial charge in [-0.2, -0.15) is 0 Å². The topological polar surface area (TPSA) is 12.0 Å². The first-order chi connectivity index (χ1) is 7.94. The van der Waals surface area contributed by atoms with Gasteiger partial charge < -0.3 is 5.32 Å². The molecule has 0 saturated carbocycles. The van der Waals surface area contributed by atoms with Gasteiger partial charge in [-0.1, -0.05) is 20.8 Å². The number of aryl methyl sites for hydroxylation is 1. The van der Waals surface area contributed by atoms with Crippen molar-refractivity contribution < 1.29 is 0 Å². The first-order valence-electron chi connectivity index (χ1n) is 6.09. The van der Waals surface area contributed by atoms with Crippen LogP contribution in [0.4, 0.5) is 0 Å². The molecular weight excluding hydrogens is 362 g/mol. The molecule has 1 aromatic heterocycles. The fourth-order valence-electron chi connectivity index (χ4n) is 1.75. The van der Waals surface area contributed by atoms with Crippen molar-refractivity contribution in [2.24, 2.45) is 5.41 Å². The third-order valence-corrected chi connectivity index (χ3v) is 5.49. The molecule has 0 aromatic carbocycles. The van der Waals surface area contributed by atoms with E-state index in [2.05, 4.69) is 64.0 Å². The Bertz CT molecular complexity index is 347. The van der Waals surface area contributed by atoms with Gasteiger partial charge in [0, 0.05) is 0 Å². The highest BCUT2D eigenvalue weighted by molar-refractivity contribution is 9.12. The van der Waals surface area contributed by atoms with Crippen LogP contribution in [0.15, 0.2) is 13.6 Å². The van der Waals surface area contributed by atoms with Crippen LogP contribution in [0.25, 0.3) is 0 Å². The Kier molecular flexibility index (Phi) is 6.70. The summed E-state index contributed by atoms with van der Waals surface area (Å²) in [4.78, 5) is 0. The third-order valence-electron chi connectivity index (χ3n) is 3.03. The van der Waals surface area contributed by atoms with Crippen LogP contribution in [0.1, 0.15) is 39.2 Å². The molecule has 0 aliphatic carbocycles. The lowest BCUT2D eigenvalue weighted by molar-refractivity contribution is 0.303. The zero-order valence-electron chi connectivity index (χ0n) is 10.8. The lowest BCUT2D eigenvalue weighted by atomic mass is 9.83. The van der Waals surface area contributed by atoms with Gasteiger partial charge in [-0.25, -0.2) is 0 Å². The molecule has 0 saturated heterocycles. The first-order valence-corrected chi connectivity index (χ1v) is 8.49. The van der Waals surface area contributed by atoms with Crippen LogP contribution in [0.3, 0.4) is 0 Å². The normalized spacial score (nSPS) is 12.1. The van der Waals surface area contributed by atoms with Crippen molar-refractivity contribution >= 4 is 43.2 Å². The van der Waals surface area contributed by atoms with Gasteiger partial charge in [-0.3, -0.25) is 0 Å². The Labute approximate surface area is 126 Å². The molecule has 0 spiro atoms. The van der Waals surface area contributed by atoms with Gasteiger partial charge >= 0.3 is 0 Å². The molecule has 0 amide bonds. The maximum absolute atomic E-state index is 3.62. The average Bonchev–Trinajstić information content (AvgIpc) is 2.55. The second kappa shape index (κ2) is 7.27. The minimum Gasteiger partial charge on any atom is -0.317 e. The highest BCUT2D eigenvalue weighted by atomic mass is 79.9. The van der Waals surface area contributed by atoms with Crippen LogP contribution >= 0.6 is 43.2 Å². The van der Waals surface area contributed by atoms with Crippen molar-refractivity contribution in [2.75, 3.05) is 13.1 Å². The van der Waals surface area contributed by atoms with E-state index in [0.717, 1.165) is 19.5 Å². The van der Waals surface area contributed by atoms with Crippen molar-refractivity contribution in [3.05, 3.63) is 19.2 Å². The van der Waals surface area contributed by atoms with E-state index in [9.17, 15) is 0 Å². The van der Waals surface area contributed by atoms with Gasteiger partial charge in [0.1, 0.15) is 0 Å². The molecule has 4 heteroatoms. The van der Waals surface area contributed by atoms with Crippen molar-refractivity contribution in [3.63, 3.8) is 0 Å². The molecule has 0 atom stereocenters. The standard InChI is InChI=1S/C13H21Br2NS/c1-4-16-8-7-13(2,3)6-5-10-9-11(14)17-12(10)15/h9,16H,4-8H2,1-3H3. The number of hydrogen-bond donors (Lipinski definition) is 1. The molecule has 0 aliphatic heterocycles. The maximum Gasteiger partial charge on any atom is 0.0742 e. The minimum absolute atomic E-state index is 0.413. The average molecular weight is 383 g/mol. The summed E-state index contributed by atoms with van der Waals surface area (Å²) in [6.45, 7) is 9.07. The Morgan fingerprint density at radius 1 is 1.29 bits per heavy atom. The summed E-state index contributed by atoms with van der Waals surface area (Å²) in [5.74, 6) is 0. The van der Waals surface area contributed by atoms with Crippen molar-refractivity contribution in [2.45, 2.75) is 40.0 Å². The summed E-state index contributed by atoms with van der Waals surface area (Å²) in [7, 11) is 0. The zero-order chi connectivity index (χ0) is 12.9. The fourth-order valence-corrected chi connectivity index (χ4v) is 4.66. The zero-order valence-corrected chi connectivity index (χ0v) is 14.8. The Balaban J connectivity index is 2.40. The molecule has 1 aromatic rings. The Morgan fingerprint density at radius 3 is 2.53 bits per heavy atom. The Hall–Kier alpha value is 0.620. The van der Waals surface area contributed by atoms with Crippen molar-refractivity contribution in [1.82, 2.24) is 5.32 Å². The highest BCUT2D eigenvalue weighted by Crippen LogP contribution is 2.35. The summed E-state index contributed by atoms with van der Waals surface area (Å²) in [6, 6.07) is 2.23. The lowest BCUT2D eigenvalue weighted by Crippen LogP contribution is -2.22. The molecule has 0 radical (unpaired) electrons. The lowest BCUT2D eigenvalue weighted by Gasteiger charge is -2.24. The first kappa shape index (κ1) is 15.7. The van der Waals surface area contributed by atoms with Gasteiger partial charge in [0.15, 0.2) is 0 Å². The molecule has 1 nitrogen and oxygen atoms in total. The predicted octanol–water partition coefficient (Wildman–Crippen LogP) is 5.23. The molecular formula is C13H21Br2NS. The smallest absolute Gasteiger partial charge is 0.0742 e. The number of hydrogen-bond acceptors (Lipinski definition) is 2. The van der Waals surface area contributed by atoms with E-state index >= 15 is 0 Å². The van der Waals surface area contributed by atoms with E-state index in [-0.39, 0.29) is 0 Å². The van der Waals surface area contributed by atoms with E-state index in [1.54, 1.807) is 11.3 Å². The van der Waals surface area contributed by atoms with E-state index in [4.69, 9.17) is 0 Å². The molecule has 0 aliphatic rings. The summed E-state index contributed by atoms with van der Waals surface area (Å²) < 4.78 is 2.48. The SMILES string of the molecule is CCNCCC(C)(C)CCc1cc(Br)sc1Br. The summed E-state index contributed by atoms with van der Waals surface area (Å²) in [5, 5.41) is 3.40. The largest absolute Gasteiger partial charge is 0.317 e. The second-order valence-corrected chi connectivity index (χ2v) is 8.87. The van der Waals surface area contributed by atoms with Crippen molar-refractivity contribution in [3.8, 4) is 0 Å². The number of halogens is 2. The fraction of sp³-hybridized carbons (Fsp3) is 0.692. The van der Waals surface area contributed by atoms with Crippen LogP contribution in [-0.4, -0.2) is 13.1 Å². The van der Waals surface area contributed by atoms with Gasteiger partial charge in [-0.05, 0) is 81.3 Å². The summed E-state index contributed by atoms with van der Waals surface area (Å²) in [6.07, 6.45) is 3.63. The molecule has 1 N–H and O–H groups in total. The van der Waals surface area contributed by atoms with E-state index in [0.29, 0.717) is 5.41 Å². The molecule has 0 bridgehead atoms. The van der Waals surface area contributed by atoms with E-state index in [1.165, 1.54) is 26.0 Å². The Morgan fingerprint density at radius 2 is 2.00 bits per heavy atom. The van der Waals surface area contributed by atoms with E-state index < -0.39 is 0 Å². The predicted molar refractivity (Wildman–Crippen MR) is 85.0 cm³/mol. The highest BCUT2D eigenvalue weighted by Gasteiger charge is 2.18. The molecule has 0 fully saturated rings. The molecule has 0 unspecified atom stereocenters. The second-order valence-electron chi connectivity index (χ2n) is 5.12. The van der Waals surface area contributed by atoms with Crippen LogP contribution in [0.2, 0.25) is 0 Å². The number of nitrogens with one attached hydrogen (secondary N) is 1. The van der Waals surface area contributed by atoms with E-state index in [1.807, 2.05) is 0 Å². The molecule has 1 heterocycles. The van der Waals surface area contributed by atoms with Crippen molar-refractivity contribution in [1.29, 1.82) is 0 Å². The van der Waals surface area contributed by atoms with Gasteiger partial charge in [-0.15, -0.1) is 11.3 Å². The molecule has 1 rings (SSSR count). The monoisotopic (exact) mass is 381 g/mol. The summed E-state index contributed by atoms with van der Waals surface area (Å²) >= 11 is 8.92.